The Balaban J connectivity index is 1.60. The Labute approximate surface area is 159 Å². The van der Waals surface area contributed by atoms with E-state index in [2.05, 4.69) is 20.5 Å². The number of hydrogen-bond donors (Lipinski definition) is 2. The van der Waals surface area contributed by atoms with Crippen LogP contribution in [-0.2, 0) is 11.0 Å². The van der Waals surface area contributed by atoms with Crippen LogP contribution in [0.25, 0.3) is 10.7 Å². The van der Waals surface area contributed by atoms with Crippen LogP contribution in [0.5, 0.6) is 0 Å². The highest BCUT2D eigenvalue weighted by atomic mass is 35.5. The standard InChI is InChI=1S/C15H10ClF3N4OS2/c16-10-4-3-8(6-9(10)15(17,18)19)20-12(24)7-26-14-21-13(22-23-14)11-2-1-5-25-11/h1-6H,7H2,(H,20,24)(H,21,22,23). The monoisotopic (exact) mass is 418 g/mol. The van der Waals surface area contributed by atoms with Gasteiger partial charge in [-0.15, -0.1) is 16.4 Å². The van der Waals surface area contributed by atoms with Gasteiger partial charge in [0, 0.05) is 5.69 Å². The first-order valence-corrected chi connectivity index (χ1v) is 9.33. The van der Waals surface area contributed by atoms with Crippen LogP contribution in [0.4, 0.5) is 18.9 Å². The van der Waals surface area contributed by atoms with E-state index in [4.69, 9.17) is 11.6 Å². The van der Waals surface area contributed by atoms with E-state index in [0.29, 0.717) is 11.0 Å². The lowest BCUT2D eigenvalue weighted by atomic mass is 10.2. The number of thiophene rings is 1. The van der Waals surface area contributed by atoms with Crippen LogP contribution >= 0.6 is 34.7 Å². The maximum Gasteiger partial charge on any atom is 0.417 e. The molecule has 2 aromatic heterocycles. The Morgan fingerprint density at radius 1 is 1.35 bits per heavy atom. The molecule has 0 unspecified atom stereocenters. The third kappa shape index (κ3) is 4.57. The van der Waals surface area contributed by atoms with Crippen molar-refractivity contribution in [2.75, 3.05) is 11.1 Å². The van der Waals surface area contributed by atoms with Crippen molar-refractivity contribution in [2.24, 2.45) is 0 Å². The van der Waals surface area contributed by atoms with Crippen LogP contribution in [0.3, 0.4) is 0 Å². The van der Waals surface area contributed by atoms with Crippen LogP contribution < -0.4 is 5.32 Å². The molecule has 3 rings (SSSR count). The number of amides is 1. The zero-order valence-electron chi connectivity index (χ0n) is 12.8. The van der Waals surface area contributed by atoms with Gasteiger partial charge in [0.1, 0.15) is 0 Å². The van der Waals surface area contributed by atoms with Gasteiger partial charge in [0.2, 0.25) is 11.1 Å². The zero-order valence-corrected chi connectivity index (χ0v) is 15.2. The molecule has 0 aliphatic carbocycles. The Morgan fingerprint density at radius 3 is 2.85 bits per heavy atom. The second-order valence-corrected chi connectivity index (χ2v) is 7.27. The van der Waals surface area contributed by atoms with Crippen molar-refractivity contribution in [1.29, 1.82) is 0 Å². The van der Waals surface area contributed by atoms with Crippen LogP contribution in [0.1, 0.15) is 5.56 Å². The van der Waals surface area contributed by atoms with Crippen molar-refractivity contribution >= 4 is 46.3 Å². The molecule has 26 heavy (non-hydrogen) atoms. The highest BCUT2D eigenvalue weighted by Crippen LogP contribution is 2.36. The number of nitrogens with zero attached hydrogens (tertiary/aromatic N) is 2. The summed E-state index contributed by atoms with van der Waals surface area (Å²) in [6, 6.07) is 6.96. The SMILES string of the molecule is O=C(CSc1n[nH]c(-c2cccs2)n1)Nc1ccc(Cl)c(C(F)(F)F)c1. The Bertz CT molecular complexity index is 912. The first-order valence-electron chi connectivity index (χ1n) is 7.08. The highest BCUT2D eigenvalue weighted by molar-refractivity contribution is 7.99. The third-order valence-corrected chi connectivity index (χ3v) is 5.16. The van der Waals surface area contributed by atoms with Crippen LogP contribution in [0.2, 0.25) is 5.02 Å². The summed E-state index contributed by atoms with van der Waals surface area (Å²) in [7, 11) is 0. The Morgan fingerprint density at radius 2 is 2.15 bits per heavy atom. The minimum atomic E-state index is -4.59. The average Bonchev–Trinajstić information content (AvgIpc) is 3.25. The van der Waals surface area contributed by atoms with E-state index in [1.54, 1.807) is 0 Å². The smallest absolute Gasteiger partial charge is 0.325 e. The Kier molecular flexibility index (Phi) is 5.54. The number of benzene rings is 1. The molecule has 0 bridgehead atoms. The predicted octanol–water partition coefficient (Wildman–Crippen LogP) is 4.94. The molecule has 3 aromatic rings. The number of thioether (sulfide) groups is 1. The van der Waals surface area contributed by atoms with E-state index in [1.165, 1.54) is 17.4 Å². The van der Waals surface area contributed by atoms with Crippen LogP contribution in [-0.4, -0.2) is 26.8 Å². The number of anilines is 1. The molecule has 0 saturated carbocycles. The number of carbonyl (C=O) groups is 1. The first kappa shape index (κ1) is 18.7. The van der Waals surface area contributed by atoms with Gasteiger partial charge in [0.05, 0.1) is 21.2 Å². The maximum absolute atomic E-state index is 12.8. The van der Waals surface area contributed by atoms with Crippen molar-refractivity contribution < 1.29 is 18.0 Å². The average molecular weight is 419 g/mol. The number of carbonyl (C=O) groups excluding carboxylic acids is 1. The number of aromatic nitrogens is 3. The molecular weight excluding hydrogens is 409 g/mol. The second kappa shape index (κ2) is 7.68. The third-order valence-electron chi connectivity index (χ3n) is 3.11. The normalized spacial score (nSPS) is 11.5. The van der Waals surface area contributed by atoms with E-state index in [0.717, 1.165) is 28.8 Å². The second-order valence-electron chi connectivity index (χ2n) is 4.97. The molecule has 1 amide bonds. The van der Waals surface area contributed by atoms with Crippen molar-refractivity contribution in [3.8, 4) is 10.7 Å². The molecule has 0 saturated heterocycles. The number of hydrogen-bond acceptors (Lipinski definition) is 5. The van der Waals surface area contributed by atoms with E-state index in [1.807, 2.05) is 17.5 Å². The molecule has 0 atom stereocenters. The molecule has 136 valence electrons. The van der Waals surface area contributed by atoms with E-state index < -0.39 is 22.7 Å². The van der Waals surface area contributed by atoms with Gasteiger partial charge in [-0.25, -0.2) is 4.98 Å². The van der Waals surface area contributed by atoms with E-state index >= 15 is 0 Å². The van der Waals surface area contributed by atoms with Crippen molar-refractivity contribution in [3.63, 3.8) is 0 Å². The van der Waals surface area contributed by atoms with Gasteiger partial charge in [0.25, 0.3) is 0 Å². The molecule has 0 radical (unpaired) electrons. The summed E-state index contributed by atoms with van der Waals surface area (Å²) < 4.78 is 38.5. The summed E-state index contributed by atoms with van der Waals surface area (Å²) in [6.07, 6.45) is -4.59. The molecule has 0 fully saturated rings. The first-order chi connectivity index (χ1) is 12.3. The van der Waals surface area contributed by atoms with Crippen LogP contribution in [0, 0.1) is 0 Å². The van der Waals surface area contributed by atoms with E-state index in [9.17, 15) is 18.0 Å². The lowest BCUT2D eigenvalue weighted by Gasteiger charge is -2.11. The minimum absolute atomic E-state index is 0.0154. The zero-order chi connectivity index (χ0) is 18.7. The van der Waals surface area contributed by atoms with Gasteiger partial charge >= 0.3 is 6.18 Å². The molecule has 2 N–H and O–H groups in total. The molecule has 0 aliphatic rings. The summed E-state index contributed by atoms with van der Waals surface area (Å²) in [5, 5.41) is 11.0. The molecular formula is C15H10ClF3N4OS2. The van der Waals surface area contributed by atoms with Gasteiger partial charge < -0.3 is 5.32 Å². The molecule has 11 heteroatoms. The van der Waals surface area contributed by atoms with Crippen molar-refractivity contribution in [1.82, 2.24) is 15.2 Å². The number of nitrogens with one attached hydrogen (secondary N) is 2. The maximum atomic E-state index is 12.8. The number of H-pyrrole nitrogens is 1. The van der Waals surface area contributed by atoms with Gasteiger partial charge in [0.15, 0.2) is 5.82 Å². The molecule has 1 aromatic carbocycles. The van der Waals surface area contributed by atoms with Gasteiger partial charge in [-0.3, -0.25) is 9.89 Å². The fourth-order valence-electron chi connectivity index (χ4n) is 1.98. The number of rotatable bonds is 5. The lowest BCUT2D eigenvalue weighted by Crippen LogP contribution is -2.15. The van der Waals surface area contributed by atoms with Crippen LogP contribution in [0.15, 0.2) is 40.9 Å². The summed E-state index contributed by atoms with van der Waals surface area (Å²) >= 11 is 8.11. The van der Waals surface area contributed by atoms with Crippen molar-refractivity contribution in [2.45, 2.75) is 11.3 Å². The lowest BCUT2D eigenvalue weighted by molar-refractivity contribution is -0.137. The summed E-state index contributed by atoms with van der Waals surface area (Å²) in [6.45, 7) is 0. The summed E-state index contributed by atoms with van der Waals surface area (Å²) in [5.74, 6) is 0.0643. The fraction of sp³-hybridized carbons (Fsp3) is 0.133. The Hall–Kier alpha value is -2.04. The molecule has 0 aliphatic heterocycles. The number of alkyl halides is 3. The molecule has 5 nitrogen and oxygen atoms in total. The quantitative estimate of drug-likeness (QED) is 0.576. The molecule has 2 heterocycles. The minimum Gasteiger partial charge on any atom is -0.325 e. The van der Waals surface area contributed by atoms with E-state index in [-0.39, 0.29) is 11.4 Å². The van der Waals surface area contributed by atoms with Gasteiger partial charge in [-0.05, 0) is 29.6 Å². The largest absolute Gasteiger partial charge is 0.417 e. The fourth-order valence-corrected chi connectivity index (χ4v) is 3.47. The van der Waals surface area contributed by atoms with Crippen molar-refractivity contribution in [3.05, 3.63) is 46.3 Å². The van der Waals surface area contributed by atoms with Gasteiger partial charge in [-0.2, -0.15) is 13.2 Å². The number of aromatic amines is 1. The predicted molar refractivity (Wildman–Crippen MR) is 95.5 cm³/mol. The topological polar surface area (TPSA) is 70.7 Å². The van der Waals surface area contributed by atoms with Gasteiger partial charge in [-0.1, -0.05) is 29.4 Å². The number of halogens is 4. The molecule has 0 spiro atoms. The summed E-state index contributed by atoms with van der Waals surface area (Å²) in [5.41, 5.74) is -0.985. The summed E-state index contributed by atoms with van der Waals surface area (Å²) in [4.78, 5) is 17.1. The highest BCUT2D eigenvalue weighted by Gasteiger charge is 2.33.